The smallest absolute Gasteiger partial charge is 0.390 e. The fraction of sp³-hybridized carbons (Fsp3) is 0.333. The van der Waals surface area contributed by atoms with Gasteiger partial charge in [-0.25, -0.2) is 0 Å². The Hall–Kier alpha value is -1.79. The van der Waals surface area contributed by atoms with Gasteiger partial charge in [-0.1, -0.05) is 0 Å². The lowest BCUT2D eigenvalue weighted by atomic mass is 10.3. The van der Waals surface area contributed by atoms with Crippen molar-refractivity contribution in [1.82, 2.24) is 10.3 Å². The van der Waals surface area contributed by atoms with Crippen molar-refractivity contribution in [2.24, 2.45) is 0 Å². The van der Waals surface area contributed by atoms with E-state index in [1.54, 1.807) is 0 Å². The molecule has 88 valence electrons. The van der Waals surface area contributed by atoms with Gasteiger partial charge in [-0.2, -0.15) is 13.2 Å². The first-order chi connectivity index (χ1) is 7.38. The van der Waals surface area contributed by atoms with Crippen molar-refractivity contribution in [1.29, 1.82) is 0 Å². The van der Waals surface area contributed by atoms with Crippen LogP contribution in [0.5, 0.6) is 0 Å². The molecule has 0 saturated heterocycles. The number of nitrogens with two attached hydrogens (primary N) is 1. The van der Waals surface area contributed by atoms with Crippen LogP contribution in [-0.4, -0.2) is 23.6 Å². The summed E-state index contributed by atoms with van der Waals surface area (Å²) < 4.78 is 35.4. The van der Waals surface area contributed by atoms with Crippen LogP contribution in [0, 0.1) is 0 Å². The Kier molecular flexibility index (Phi) is 3.70. The zero-order chi connectivity index (χ0) is 12.2. The molecular formula is C9H10F3N3O. The summed E-state index contributed by atoms with van der Waals surface area (Å²) in [5.74, 6) is -0.670. The second-order valence-corrected chi connectivity index (χ2v) is 3.10. The summed E-state index contributed by atoms with van der Waals surface area (Å²) in [6.07, 6.45) is -4.04. The third-order valence-electron chi connectivity index (χ3n) is 1.71. The van der Waals surface area contributed by atoms with Gasteiger partial charge in [0, 0.05) is 18.4 Å². The van der Waals surface area contributed by atoms with Crippen LogP contribution >= 0.6 is 0 Å². The minimum atomic E-state index is -4.28. The van der Waals surface area contributed by atoms with Gasteiger partial charge in [0.05, 0.1) is 6.42 Å². The van der Waals surface area contributed by atoms with Crippen LogP contribution in [0.2, 0.25) is 0 Å². The minimum Gasteiger partial charge on any atom is -0.399 e. The minimum absolute atomic E-state index is 0.00201. The van der Waals surface area contributed by atoms with E-state index in [1.165, 1.54) is 18.3 Å². The van der Waals surface area contributed by atoms with Crippen molar-refractivity contribution in [3.8, 4) is 0 Å². The molecular weight excluding hydrogens is 223 g/mol. The number of halogens is 3. The van der Waals surface area contributed by atoms with Gasteiger partial charge in [0.2, 0.25) is 0 Å². The number of hydrogen-bond acceptors (Lipinski definition) is 3. The van der Waals surface area contributed by atoms with E-state index >= 15 is 0 Å². The Labute approximate surface area is 89.7 Å². The fourth-order valence-electron chi connectivity index (χ4n) is 0.979. The predicted octanol–water partition coefficient (Wildman–Crippen LogP) is 1.35. The summed E-state index contributed by atoms with van der Waals surface area (Å²) >= 11 is 0. The zero-order valence-electron chi connectivity index (χ0n) is 8.21. The predicted molar refractivity (Wildman–Crippen MR) is 51.7 cm³/mol. The van der Waals surface area contributed by atoms with Crippen LogP contribution in [0.3, 0.4) is 0 Å². The molecule has 0 spiro atoms. The van der Waals surface area contributed by atoms with Gasteiger partial charge in [0.1, 0.15) is 5.69 Å². The van der Waals surface area contributed by atoms with Crippen LogP contribution in [-0.2, 0) is 0 Å². The van der Waals surface area contributed by atoms with E-state index in [-0.39, 0.29) is 5.69 Å². The fourth-order valence-corrected chi connectivity index (χ4v) is 0.979. The van der Waals surface area contributed by atoms with Crippen LogP contribution < -0.4 is 11.1 Å². The number of rotatable bonds is 3. The van der Waals surface area contributed by atoms with E-state index in [1.807, 2.05) is 0 Å². The summed E-state index contributed by atoms with van der Waals surface area (Å²) in [7, 11) is 0. The maximum Gasteiger partial charge on any atom is 0.390 e. The van der Waals surface area contributed by atoms with E-state index in [4.69, 9.17) is 5.73 Å². The number of pyridine rings is 1. The number of anilines is 1. The van der Waals surface area contributed by atoms with E-state index < -0.39 is 25.0 Å². The largest absolute Gasteiger partial charge is 0.399 e. The number of alkyl halides is 3. The number of carbonyl (C=O) groups excluding carboxylic acids is 1. The number of nitrogens with one attached hydrogen (secondary N) is 1. The third kappa shape index (κ3) is 4.16. The van der Waals surface area contributed by atoms with Gasteiger partial charge >= 0.3 is 6.18 Å². The number of amides is 1. The molecule has 0 aromatic carbocycles. The number of hydrogen-bond donors (Lipinski definition) is 2. The third-order valence-corrected chi connectivity index (χ3v) is 1.71. The van der Waals surface area contributed by atoms with Crippen molar-refractivity contribution in [3.63, 3.8) is 0 Å². The van der Waals surface area contributed by atoms with Gasteiger partial charge in [0.25, 0.3) is 5.91 Å². The summed E-state index contributed by atoms with van der Waals surface area (Å²) in [4.78, 5) is 15.0. The van der Waals surface area contributed by atoms with Crippen LogP contribution in [0.1, 0.15) is 16.9 Å². The summed E-state index contributed by atoms with van der Waals surface area (Å²) in [6.45, 7) is -0.473. The van der Waals surface area contributed by atoms with Crippen molar-refractivity contribution in [2.45, 2.75) is 12.6 Å². The topological polar surface area (TPSA) is 68.0 Å². The molecule has 1 heterocycles. The van der Waals surface area contributed by atoms with Crippen LogP contribution in [0.25, 0.3) is 0 Å². The highest BCUT2D eigenvalue weighted by Crippen LogP contribution is 2.18. The Morgan fingerprint density at radius 1 is 1.50 bits per heavy atom. The molecule has 3 N–H and O–H groups in total. The van der Waals surface area contributed by atoms with Gasteiger partial charge in [0.15, 0.2) is 0 Å². The molecule has 4 nitrogen and oxygen atoms in total. The molecule has 0 atom stereocenters. The van der Waals surface area contributed by atoms with Crippen molar-refractivity contribution < 1.29 is 18.0 Å². The second-order valence-electron chi connectivity index (χ2n) is 3.10. The van der Waals surface area contributed by atoms with Crippen molar-refractivity contribution >= 4 is 11.6 Å². The monoisotopic (exact) mass is 233 g/mol. The van der Waals surface area contributed by atoms with E-state index in [2.05, 4.69) is 10.3 Å². The van der Waals surface area contributed by atoms with Crippen molar-refractivity contribution in [2.75, 3.05) is 12.3 Å². The number of nitrogens with zero attached hydrogens (tertiary/aromatic N) is 1. The zero-order valence-corrected chi connectivity index (χ0v) is 8.21. The molecule has 0 bridgehead atoms. The van der Waals surface area contributed by atoms with E-state index in [0.29, 0.717) is 5.69 Å². The molecule has 0 aliphatic heterocycles. The normalized spacial score (nSPS) is 11.2. The molecule has 16 heavy (non-hydrogen) atoms. The lowest BCUT2D eigenvalue weighted by molar-refractivity contribution is -0.132. The lowest BCUT2D eigenvalue weighted by Gasteiger charge is -2.07. The molecule has 0 aliphatic carbocycles. The number of nitrogen functional groups attached to an aromatic ring is 1. The summed E-state index contributed by atoms with van der Waals surface area (Å²) in [5.41, 5.74) is 5.73. The second kappa shape index (κ2) is 4.82. The lowest BCUT2D eigenvalue weighted by Crippen LogP contribution is -2.28. The molecule has 7 heteroatoms. The van der Waals surface area contributed by atoms with Crippen molar-refractivity contribution in [3.05, 3.63) is 24.0 Å². The Morgan fingerprint density at radius 3 is 2.75 bits per heavy atom. The highest BCUT2D eigenvalue weighted by molar-refractivity contribution is 5.92. The Bertz CT molecular complexity index is 379. The summed E-state index contributed by atoms with van der Waals surface area (Å²) in [6, 6.07) is 2.77. The average molecular weight is 233 g/mol. The van der Waals surface area contributed by atoms with E-state index in [0.717, 1.165) is 0 Å². The number of aromatic nitrogens is 1. The molecule has 1 rings (SSSR count). The molecule has 0 saturated carbocycles. The Balaban J connectivity index is 2.47. The van der Waals surface area contributed by atoms with Gasteiger partial charge in [-0.05, 0) is 12.1 Å². The summed E-state index contributed by atoms with van der Waals surface area (Å²) in [5, 5.41) is 2.11. The quantitative estimate of drug-likeness (QED) is 0.827. The highest BCUT2D eigenvalue weighted by atomic mass is 19.4. The maximum atomic E-state index is 11.8. The van der Waals surface area contributed by atoms with Crippen LogP contribution in [0.4, 0.5) is 18.9 Å². The number of carbonyl (C=O) groups is 1. The standard InChI is InChI=1S/C9H10F3N3O/c10-9(11,12)2-4-15-8(16)7-5-6(13)1-3-14-7/h1,3,5H,2,4H2,(H2,13,14)(H,15,16). The van der Waals surface area contributed by atoms with Gasteiger partial charge in [-0.3, -0.25) is 9.78 Å². The highest BCUT2D eigenvalue weighted by Gasteiger charge is 2.26. The van der Waals surface area contributed by atoms with Crippen LogP contribution in [0.15, 0.2) is 18.3 Å². The molecule has 0 fully saturated rings. The van der Waals surface area contributed by atoms with Gasteiger partial charge < -0.3 is 11.1 Å². The van der Waals surface area contributed by atoms with E-state index in [9.17, 15) is 18.0 Å². The van der Waals surface area contributed by atoms with Gasteiger partial charge in [-0.15, -0.1) is 0 Å². The SMILES string of the molecule is Nc1ccnc(C(=O)NCCC(F)(F)F)c1. The molecule has 1 aromatic heterocycles. The maximum absolute atomic E-state index is 11.8. The first-order valence-corrected chi connectivity index (χ1v) is 4.45. The average Bonchev–Trinajstić information content (AvgIpc) is 2.15. The molecule has 0 unspecified atom stereocenters. The first kappa shape index (κ1) is 12.3. The molecule has 0 aliphatic rings. The molecule has 1 amide bonds. The molecule has 1 aromatic rings. The molecule has 0 radical (unpaired) electrons. The first-order valence-electron chi connectivity index (χ1n) is 4.45. The Morgan fingerprint density at radius 2 is 2.19 bits per heavy atom.